The maximum atomic E-state index is 5.58. The van der Waals surface area contributed by atoms with Gasteiger partial charge in [-0.1, -0.05) is 42.8 Å². The molecule has 2 aromatic rings. The number of nitrogens with zero attached hydrogens (tertiary/aromatic N) is 5. The molecule has 1 aromatic heterocycles. The van der Waals surface area contributed by atoms with E-state index in [2.05, 4.69) is 66.0 Å². The molecule has 6 heteroatoms. The Morgan fingerprint density at radius 1 is 1.24 bits per heavy atom. The van der Waals surface area contributed by atoms with Crippen LogP contribution in [0.4, 0.5) is 0 Å². The van der Waals surface area contributed by atoms with Crippen molar-refractivity contribution in [1.82, 2.24) is 9.78 Å². The minimum atomic E-state index is 0.645. The van der Waals surface area contributed by atoms with Crippen molar-refractivity contribution in [3.8, 4) is 0 Å². The highest BCUT2D eigenvalue weighted by molar-refractivity contribution is 6.22. The summed E-state index contributed by atoms with van der Waals surface area (Å²) in [4.78, 5) is 8.28. The van der Waals surface area contributed by atoms with Gasteiger partial charge in [0.25, 0.3) is 0 Å². The van der Waals surface area contributed by atoms with Crippen LogP contribution in [0, 0.1) is 6.92 Å². The molecule has 0 spiro atoms. The molecule has 0 aliphatic heterocycles. The molecule has 2 rings (SSSR count). The topological polar surface area (TPSA) is 80.9 Å². The number of hydrogen-bond donors (Lipinski definition) is 1. The van der Waals surface area contributed by atoms with Crippen molar-refractivity contribution < 1.29 is 0 Å². The van der Waals surface area contributed by atoms with E-state index in [4.69, 9.17) is 10.9 Å². The third-order valence-corrected chi connectivity index (χ3v) is 4.71. The predicted octanol–water partition coefficient (Wildman–Crippen LogP) is 4.41. The molecule has 0 amide bonds. The highest BCUT2D eigenvalue weighted by Gasteiger charge is 2.11. The summed E-state index contributed by atoms with van der Waals surface area (Å²) in [5, 5.41) is 8.62. The molecular formula is C23H30N6. The van der Waals surface area contributed by atoms with E-state index in [0.717, 1.165) is 34.7 Å². The number of hydrogen-bond acceptors (Lipinski definition) is 5. The van der Waals surface area contributed by atoms with Crippen LogP contribution in [0.5, 0.6) is 0 Å². The van der Waals surface area contributed by atoms with Gasteiger partial charge in [-0.05, 0) is 50.6 Å². The Morgan fingerprint density at radius 2 is 1.97 bits per heavy atom. The Kier molecular flexibility index (Phi) is 8.27. The lowest BCUT2D eigenvalue weighted by Crippen LogP contribution is -2.06. The second-order valence-corrected chi connectivity index (χ2v) is 6.78. The van der Waals surface area contributed by atoms with Crippen LogP contribution in [-0.4, -0.2) is 35.0 Å². The molecule has 0 radical (unpaired) electrons. The van der Waals surface area contributed by atoms with Crippen LogP contribution in [0.3, 0.4) is 0 Å². The van der Waals surface area contributed by atoms with Gasteiger partial charge in [-0.2, -0.15) is 10.2 Å². The van der Waals surface area contributed by atoms with Gasteiger partial charge < -0.3 is 5.84 Å². The summed E-state index contributed by atoms with van der Waals surface area (Å²) < 4.78 is 1.92. The van der Waals surface area contributed by atoms with E-state index in [0.29, 0.717) is 13.0 Å². The molecule has 1 aromatic carbocycles. The summed E-state index contributed by atoms with van der Waals surface area (Å²) in [5.74, 6) is 5.58. The summed E-state index contributed by atoms with van der Waals surface area (Å²) >= 11 is 0. The first-order valence-corrected chi connectivity index (χ1v) is 9.67. The van der Waals surface area contributed by atoms with Crippen LogP contribution in [-0.2, 0) is 6.54 Å². The van der Waals surface area contributed by atoms with Gasteiger partial charge in [0.1, 0.15) is 0 Å². The van der Waals surface area contributed by atoms with E-state index < -0.39 is 0 Å². The van der Waals surface area contributed by atoms with Crippen molar-refractivity contribution >= 4 is 23.7 Å². The molecule has 0 saturated carbocycles. The fourth-order valence-electron chi connectivity index (χ4n) is 3.08. The zero-order valence-electron chi connectivity index (χ0n) is 17.8. The summed E-state index contributed by atoms with van der Waals surface area (Å²) in [6.07, 6.45) is 7.27. The summed E-state index contributed by atoms with van der Waals surface area (Å²) in [6.45, 7) is 10.3. The van der Waals surface area contributed by atoms with Gasteiger partial charge in [0.05, 0.1) is 18.0 Å². The van der Waals surface area contributed by atoms with Gasteiger partial charge in [-0.25, -0.2) is 0 Å². The molecule has 0 aliphatic carbocycles. The Labute approximate surface area is 173 Å². The maximum Gasteiger partial charge on any atom is 0.0939 e. The fourth-order valence-corrected chi connectivity index (χ4v) is 3.08. The van der Waals surface area contributed by atoms with Crippen molar-refractivity contribution in [2.24, 2.45) is 20.9 Å². The first kappa shape index (κ1) is 22.0. The van der Waals surface area contributed by atoms with Gasteiger partial charge in [0.2, 0.25) is 0 Å². The third-order valence-electron chi connectivity index (χ3n) is 4.71. The second kappa shape index (κ2) is 10.9. The van der Waals surface area contributed by atoms with Crippen LogP contribution in [0.25, 0.3) is 5.57 Å². The minimum absolute atomic E-state index is 0.645. The average Bonchev–Trinajstić information content (AvgIpc) is 3.18. The van der Waals surface area contributed by atoms with Crippen molar-refractivity contribution in [2.45, 2.75) is 40.2 Å². The number of hydrazone groups is 1. The van der Waals surface area contributed by atoms with Gasteiger partial charge >= 0.3 is 0 Å². The first-order valence-electron chi connectivity index (χ1n) is 9.67. The van der Waals surface area contributed by atoms with Crippen molar-refractivity contribution in [2.75, 3.05) is 7.05 Å². The van der Waals surface area contributed by atoms with E-state index in [1.54, 1.807) is 13.2 Å². The lowest BCUT2D eigenvalue weighted by atomic mass is 10.0. The molecule has 0 fully saturated rings. The Bertz CT molecular complexity index is 942. The minimum Gasteiger partial charge on any atom is -0.323 e. The highest BCUT2D eigenvalue weighted by atomic mass is 15.3. The quantitative estimate of drug-likeness (QED) is 0.391. The molecular weight excluding hydrogens is 360 g/mol. The standard InChI is InChI=1S/C23H30N6/c1-6-22(26-5)20(15-25-4)11-12-21(18(3)27-24)23-13-14-29(28-23)16-19-9-7-17(2)8-10-19/h7-10,12-15H,4,6,11,16,24H2,1-3,5H3/b20-15-,21-12+,26-22-,27-18-. The number of aryl methyl sites for hydroxylation is 1. The van der Waals surface area contributed by atoms with Crippen LogP contribution >= 0.6 is 0 Å². The van der Waals surface area contributed by atoms with Crippen LogP contribution in [0.2, 0.25) is 0 Å². The zero-order valence-corrected chi connectivity index (χ0v) is 17.8. The van der Waals surface area contributed by atoms with Crippen LogP contribution in [0.1, 0.15) is 43.5 Å². The maximum absolute atomic E-state index is 5.58. The zero-order chi connectivity index (χ0) is 21.2. The number of allylic oxidation sites excluding steroid dienone is 3. The fraction of sp³-hybridized carbons (Fsp3) is 0.304. The SMILES string of the molecule is C=N/C=C(C/C=C(\C(C)=N/N)c1ccn(Cc2ccc(C)cc2)n1)\C(CC)=N/C. The molecule has 29 heavy (non-hydrogen) atoms. The summed E-state index contributed by atoms with van der Waals surface area (Å²) in [7, 11) is 1.79. The largest absolute Gasteiger partial charge is 0.323 e. The lowest BCUT2D eigenvalue weighted by molar-refractivity contribution is 0.684. The van der Waals surface area contributed by atoms with E-state index in [1.807, 2.05) is 23.9 Å². The normalized spacial score (nSPS) is 13.7. The molecule has 1 heterocycles. The van der Waals surface area contributed by atoms with Gasteiger partial charge in [0.15, 0.2) is 0 Å². The number of rotatable bonds is 9. The van der Waals surface area contributed by atoms with Crippen LogP contribution < -0.4 is 5.84 Å². The number of benzene rings is 1. The number of nitrogens with two attached hydrogens (primary N) is 1. The summed E-state index contributed by atoms with van der Waals surface area (Å²) in [5.41, 5.74) is 6.93. The molecule has 6 nitrogen and oxygen atoms in total. The predicted molar refractivity (Wildman–Crippen MR) is 124 cm³/mol. The molecule has 0 unspecified atom stereocenters. The van der Waals surface area contributed by atoms with Crippen molar-refractivity contribution in [3.05, 3.63) is 71.2 Å². The average molecular weight is 391 g/mol. The molecule has 152 valence electrons. The smallest absolute Gasteiger partial charge is 0.0939 e. The second-order valence-electron chi connectivity index (χ2n) is 6.78. The van der Waals surface area contributed by atoms with Gasteiger partial charge in [-0.3, -0.25) is 14.7 Å². The monoisotopic (exact) mass is 390 g/mol. The van der Waals surface area contributed by atoms with E-state index in [9.17, 15) is 0 Å². The molecule has 0 saturated heterocycles. The molecule has 0 atom stereocenters. The van der Waals surface area contributed by atoms with Crippen LogP contribution in [0.15, 0.2) is 69.5 Å². The van der Waals surface area contributed by atoms with Gasteiger partial charge in [-0.15, -0.1) is 0 Å². The first-order chi connectivity index (χ1) is 14.0. The molecule has 2 N–H and O–H groups in total. The number of aromatic nitrogens is 2. The Hall–Kier alpha value is -3.28. The van der Waals surface area contributed by atoms with E-state index in [-0.39, 0.29) is 0 Å². The van der Waals surface area contributed by atoms with Gasteiger partial charge in [0, 0.05) is 30.7 Å². The third kappa shape index (κ3) is 6.10. The Balaban J connectivity index is 2.29. The Morgan fingerprint density at radius 3 is 2.55 bits per heavy atom. The molecule has 0 aliphatic rings. The molecule has 0 bridgehead atoms. The lowest BCUT2D eigenvalue weighted by Gasteiger charge is -2.08. The van der Waals surface area contributed by atoms with Crippen molar-refractivity contribution in [3.63, 3.8) is 0 Å². The van der Waals surface area contributed by atoms with E-state index >= 15 is 0 Å². The summed E-state index contributed by atoms with van der Waals surface area (Å²) in [6, 6.07) is 10.4. The number of aliphatic imine (C=N–C) groups is 2. The van der Waals surface area contributed by atoms with E-state index in [1.165, 1.54) is 11.1 Å². The highest BCUT2D eigenvalue weighted by Crippen LogP contribution is 2.19. The van der Waals surface area contributed by atoms with Crippen molar-refractivity contribution in [1.29, 1.82) is 0 Å².